The Morgan fingerprint density at radius 2 is 1.67 bits per heavy atom. The number of rotatable bonds is 4. The molecule has 1 aromatic carbocycles. The van der Waals surface area contributed by atoms with E-state index in [1.165, 1.54) is 15.6 Å². The molecule has 0 N–H and O–H groups in total. The van der Waals surface area contributed by atoms with Crippen LogP contribution in [0.1, 0.15) is 25.9 Å². The summed E-state index contributed by atoms with van der Waals surface area (Å²) in [6.07, 6.45) is 0. The van der Waals surface area contributed by atoms with Gasteiger partial charge in [-0.3, -0.25) is 4.79 Å². The number of carbonyl (C=O) groups is 1. The number of benzene rings is 1. The molecule has 4 rings (SSSR count). The summed E-state index contributed by atoms with van der Waals surface area (Å²) in [6.45, 7) is 6.89. The summed E-state index contributed by atoms with van der Waals surface area (Å²) >= 11 is 1.48. The standard InChI is InChI=1S/C21H24N4O3S2/c1-15-13-19(22-25(15)18-7-5-4-6-8-18)21(26)23-9-11-24(12-10-23)30(27,28)20-14-16(2)29-17(20)3/h4-8,13-14H,9-12H2,1-3H3. The maximum atomic E-state index is 13.0. The van der Waals surface area contributed by atoms with Crippen molar-refractivity contribution in [3.63, 3.8) is 0 Å². The quantitative estimate of drug-likeness (QED) is 0.620. The van der Waals surface area contributed by atoms with Crippen LogP contribution in [0.4, 0.5) is 0 Å². The summed E-state index contributed by atoms with van der Waals surface area (Å²) in [6, 6.07) is 13.2. The van der Waals surface area contributed by atoms with E-state index in [0.717, 1.165) is 21.1 Å². The van der Waals surface area contributed by atoms with Crippen LogP contribution < -0.4 is 0 Å². The van der Waals surface area contributed by atoms with E-state index in [0.29, 0.717) is 23.7 Å². The van der Waals surface area contributed by atoms with E-state index in [4.69, 9.17) is 0 Å². The first-order chi connectivity index (χ1) is 14.3. The van der Waals surface area contributed by atoms with Gasteiger partial charge < -0.3 is 4.90 Å². The van der Waals surface area contributed by atoms with Gasteiger partial charge in [0.05, 0.1) is 10.6 Å². The van der Waals surface area contributed by atoms with E-state index in [-0.39, 0.29) is 19.0 Å². The lowest BCUT2D eigenvalue weighted by Gasteiger charge is -2.33. The first-order valence-corrected chi connectivity index (χ1v) is 12.0. The lowest BCUT2D eigenvalue weighted by atomic mass is 10.3. The van der Waals surface area contributed by atoms with Crippen molar-refractivity contribution in [3.05, 3.63) is 63.6 Å². The van der Waals surface area contributed by atoms with Crippen LogP contribution in [0.2, 0.25) is 0 Å². The lowest BCUT2D eigenvalue weighted by Crippen LogP contribution is -2.50. The fraction of sp³-hybridized carbons (Fsp3) is 0.333. The van der Waals surface area contributed by atoms with E-state index >= 15 is 0 Å². The first kappa shape index (κ1) is 20.8. The van der Waals surface area contributed by atoms with Gasteiger partial charge in [0, 0.05) is 41.6 Å². The van der Waals surface area contributed by atoms with Crippen LogP contribution >= 0.6 is 11.3 Å². The summed E-state index contributed by atoms with van der Waals surface area (Å²) in [5.74, 6) is -0.174. The predicted molar refractivity (Wildman–Crippen MR) is 117 cm³/mol. The van der Waals surface area contributed by atoms with Crippen LogP contribution in [0.5, 0.6) is 0 Å². The molecule has 1 amide bonds. The molecule has 3 aromatic rings. The largest absolute Gasteiger partial charge is 0.335 e. The highest BCUT2D eigenvalue weighted by atomic mass is 32.2. The van der Waals surface area contributed by atoms with Gasteiger partial charge in [0.15, 0.2) is 5.69 Å². The summed E-state index contributed by atoms with van der Waals surface area (Å²) in [5.41, 5.74) is 2.14. The molecule has 2 aromatic heterocycles. The number of amides is 1. The van der Waals surface area contributed by atoms with Crippen molar-refractivity contribution < 1.29 is 13.2 Å². The molecule has 1 aliphatic heterocycles. The molecule has 0 saturated carbocycles. The molecule has 30 heavy (non-hydrogen) atoms. The Balaban J connectivity index is 1.47. The van der Waals surface area contributed by atoms with Crippen LogP contribution in [0, 0.1) is 20.8 Å². The fourth-order valence-corrected chi connectivity index (χ4v) is 6.65. The topological polar surface area (TPSA) is 75.5 Å². The molecular formula is C21H24N4O3S2. The van der Waals surface area contributed by atoms with Gasteiger partial charge in [0.1, 0.15) is 0 Å². The van der Waals surface area contributed by atoms with Crippen molar-refractivity contribution in [2.45, 2.75) is 25.7 Å². The van der Waals surface area contributed by atoms with Crippen LogP contribution in [-0.4, -0.2) is 59.5 Å². The molecule has 1 saturated heterocycles. The maximum Gasteiger partial charge on any atom is 0.274 e. The number of carbonyl (C=O) groups excluding carboxylic acids is 1. The second-order valence-electron chi connectivity index (χ2n) is 7.39. The number of thiophene rings is 1. The van der Waals surface area contributed by atoms with Gasteiger partial charge in [0.25, 0.3) is 5.91 Å². The number of nitrogens with zero attached hydrogens (tertiary/aromatic N) is 4. The molecule has 1 fully saturated rings. The van der Waals surface area contributed by atoms with Gasteiger partial charge >= 0.3 is 0 Å². The van der Waals surface area contributed by atoms with Crippen molar-refractivity contribution in [3.8, 4) is 5.69 Å². The molecule has 0 radical (unpaired) electrons. The second-order valence-corrected chi connectivity index (χ2v) is 10.8. The molecule has 3 heterocycles. The SMILES string of the molecule is Cc1cc(S(=O)(=O)N2CCN(C(=O)c3cc(C)n(-c4ccccc4)n3)CC2)c(C)s1. The molecular weight excluding hydrogens is 420 g/mol. The molecule has 9 heteroatoms. The van der Waals surface area contributed by atoms with Crippen molar-refractivity contribution in [1.29, 1.82) is 0 Å². The van der Waals surface area contributed by atoms with Crippen molar-refractivity contribution >= 4 is 27.3 Å². The summed E-state index contributed by atoms with van der Waals surface area (Å²) in [5, 5.41) is 4.48. The smallest absolute Gasteiger partial charge is 0.274 e. The molecule has 0 unspecified atom stereocenters. The second kappa shape index (κ2) is 7.98. The maximum absolute atomic E-state index is 13.0. The third-order valence-corrected chi connectivity index (χ3v) is 8.37. The number of hydrogen-bond donors (Lipinski definition) is 0. The Kier molecular flexibility index (Phi) is 5.52. The van der Waals surface area contributed by atoms with E-state index in [2.05, 4.69) is 5.10 Å². The van der Waals surface area contributed by atoms with E-state index in [1.54, 1.807) is 21.7 Å². The predicted octanol–water partition coefficient (Wildman–Crippen LogP) is 3.01. The van der Waals surface area contributed by atoms with E-state index in [1.807, 2.05) is 51.1 Å². The Morgan fingerprint density at radius 3 is 2.27 bits per heavy atom. The van der Waals surface area contributed by atoms with Crippen molar-refractivity contribution in [2.75, 3.05) is 26.2 Å². The highest BCUT2D eigenvalue weighted by molar-refractivity contribution is 7.89. The molecule has 0 aliphatic carbocycles. The number of sulfonamides is 1. The average molecular weight is 445 g/mol. The molecule has 7 nitrogen and oxygen atoms in total. The summed E-state index contributed by atoms with van der Waals surface area (Å²) in [7, 11) is -3.54. The number of aryl methyl sites for hydroxylation is 3. The minimum atomic E-state index is -3.54. The molecule has 0 bridgehead atoms. The minimum absolute atomic E-state index is 0.174. The monoisotopic (exact) mass is 444 g/mol. The van der Waals surface area contributed by atoms with Crippen LogP contribution in [0.25, 0.3) is 5.69 Å². The molecule has 0 atom stereocenters. The summed E-state index contributed by atoms with van der Waals surface area (Å²) < 4.78 is 29.2. The Hall–Kier alpha value is -2.49. The lowest BCUT2D eigenvalue weighted by molar-refractivity contribution is 0.0691. The van der Waals surface area contributed by atoms with Gasteiger partial charge in [-0.15, -0.1) is 11.3 Å². The van der Waals surface area contributed by atoms with Gasteiger partial charge in [-0.05, 0) is 45.0 Å². The van der Waals surface area contributed by atoms with E-state index in [9.17, 15) is 13.2 Å². The van der Waals surface area contributed by atoms with Gasteiger partial charge in [0.2, 0.25) is 10.0 Å². The third-order valence-electron chi connectivity index (χ3n) is 5.25. The van der Waals surface area contributed by atoms with Gasteiger partial charge in [-0.1, -0.05) is 18.2 Å². The normalized spacial score (nSPS) is 15.5. The zero-order valence-electron chi connectivity index (χ0n) is 17.2. The Bertz CT molecular complexity index is 1170. The number of hydrogen-bond acceptors (Lipinski definition) is 5. The zero-order valence-corrected chi connectivity index (χ0v) is 18.8. The van der Waals surface area contributed by atoms with Crippen molar-refractivity contribution in [1.82, 2.24) is 19.0 Å². The number of piperazine rings is 1. The highest BCUT2D eigenvalue weighted by Crippen LogP contribution is 2.28. The van der Waals surface area contributed by atoms with Crippen molar-refractivity contribution in [2.24, 2.45) is 0 Å². The zero-order chi connectivity index (χ0) is 21.5. The highest BCUT2D eigenvalue weighted by Gasteiger charge is 2.32. The van der Waals surface area contributed by atoms with E-state index < -0.39 is 10.0 Å². The first-order valence-electron chi connectivity index (χ1n) is 9.76. The van der Waals surface area contributed by atoms with Crippen LogP contribution in [0.3, 0.4) is 0 Å². The number of para-hydroxylation sites is 1. The van der Waals surface area contributed by atoms with Crippen LogP contribution in [0.15, 0.2) is 47.4 Å². The molecule has 158 valence electrons. The molecule has 0 spiro atoms. The summed E-state index contributed by atoms with van der Waals surface area (Å²) in [4.78, 5) is 16.8. The Labute approximate surface area is 180 Å². The molecule has 1 aliphatic rings. The number of aromatic nitrogens is 2. The fourth-order valence-electron chi connectivity index (χ4n) is 3.71. The Morgan fingerprint density at radius 1 is 1.00 bits per heavy atom. The van der Waals surface area contributed by atoms with Gasteiger partial charge in [-0.25, -0.2) is 13.1 Å². The minimum Gasteiger partial charge on any atom is -0.335 e. The van der Waals surface area contributed by atoms with Gasteiger partial charge in [-0.2, -0.15) is 9.40 Å². The van der Waals surface area contributed by atoms with Crippen LogP contribution in [-0.2, 0) is 10.0 Å². The third kappa shape index (κ3) is 3.80. The average Bonchev–Trinajstić information content (AvgIpc) is 3.30.